The minimum Gasteiger partial charge on any atom is -0.493 e. The van der Waals surface area contributed by atoms with Crippen LogP contribution >= 0.6 is 0 Å². The Kier molecular flexibility index (Phi) is 9.52. The van der Waals surface area contributed by atoms with Crippen LogP contribution in [0.1, 0.15) is 57.9 Å². The number of ether oxygens (including phenoxy) is 2. The van der Waals surface area contributed by atoms with Crippen LogP contribution < -0.4 is 14.9 Å². The molecule has 0 aliphatic rings. The van der Waals surface area contributed by atoms with Gasteiger partial charge in [-0.25, -0.2) is 5.43 Å². The molecule has 0 atom stereocenters. The van der Waals surface area contributed by atoms with Crippen LogP contribution in [0.4, 0.5) is 0 Å². The number of nitrogens with one attached hydrogen (secondary N) is 1. The summed E-state index contributed by atoms with van der Waals surface area (Å²) in [4.78, 5) is 11.7. The summed E-state index contributed by atoms with van der Waals surface area (Å²) >= 11 is 0. The molecular formula is C18H28N2O3. The van der Waals surface area contributed by atoms with Crippen LogP contribution in [0.2, 0.25) is 0 Å². The molecule has 5 nitrogen and oxygen atoms in total. The summed E-state index contributed by atoms with van der Waals surface area (Å²) in [6.45, 7) is 4.68. The third-order valence-electron chi connectivity index (χ3n) is 3.40. The Hall–Kier alpha value is -2.04. The summed E-state index contributed by atoms with van der Waals surface area (Å²) < 4.78 is 10.7. The molecule has 0 aliphatic carbocycles. The van der Waals surface area contributed by atoms with E-state index in [4.69, 9.17) is 9.47 Å². The lowest BCUT2D eigenvalue weighted by Crippen LogP contribution is -2.16. The van der Waals surface area contributed by atoms with Gasteiger partial charge in [-0.15, -0.1) is 0 Å². The topological polar surface area (TPSA) is 59.9 Å². The van der Waals surface area contributed by atoms with Crippen LogP contribution in [0.15, 0.2) is 23.3 Å². The van der Waals surface area contributed by atoms with Crippen molar-refractivity contribution in [1.29, 1.82) is 0 Å². The van der Waals surface area contributed by atoms with E-state index >= 15 is 0 Å². The Bertz CT molecular complexity index is 501. The minimum atomic E-state index is -0.0457. The second-order valence-corrected chi connectivity index (χ2v) is 5.30. The van der Waals surface area contributed by atoms with Gasteiger partial charge in [0.05, 0.1) is 19.9 Å². The monoisotopic (exact) mass is 320 g/mol. The Labute approximate surface area is 139 Å². The Balaban J connectivity index is 2.40. The SMILES string of the molecule is CCCCCCCC(=O)NN=Cc1ccc(OCC)c(OC)c1. The number of rotatable bonds is 11. The van der Waals surface area contributed by atoms with Crippen LogP contribution in [-0.2, 0) is 4.79 Å². The molecule has 0 bridgehead atoms. The van der Waals surface area contributed by atoms with Crippen LogP contribution in [0.25, 0.3) is 0 Å². The van der Waals surface area contributed by atoms with Crippen LogP contribution in [-0.4, -0.2) is 25.8 Å². The van der Waals surface area contributed by atoms with E-state index in [0.29, 0.717) is 24.5 Å². The van der Waals surface area contributed by atoms with Gasteiger partial charge in [-0.3, -0.25) is 4.79 Å². The quantitative estimate of drug-likeness (QED) is 0.382. The predicted octanol–water partition coefficient (Wildman–Crippen LogP) is 3.90. The van der Waals surface area contributed by atoms with Crippen molar-refractivity contribution in [3.8, 4) is 11.5 Å². The zero-order valence-corrected chi connectivity index (χ0v) is 14.4. The molecule has 0 aliphatic heterocycles. The zero-order valence-electron chi connectivity index (χ0n) is 14.4. The zero-order chi connectivity index (χ0) is 16.9. The second-order valence-electron chi connectivity index (χ2n) is 5.30. The average molecular weight is 320 g/mol. The fraction of sp³-hybridized carbons (Fsp3) is 0.556. The predicted molar refractivity (Wildman–Crippen MR) is 93.3 cm³/mol. The van der Waals surface area contributed by atoms with Crippen molar-refractivity contribution in [2.45, 2.75) is 52.4 Å². The Morgan fingerprint density at radius 1 is 1.17 bits per heavy atom. The number of hydrogen-bond acceptors (Lipinski definition) is 4. The largest absolute Gasteiger partial charge is 0.493 e. The molecule has 0 saturated carbocycles. The summed E-state index contributed by atoms with van der Waals surface area (Å²) in [6.07, 6.45) is 7.78. The van der Waals surface area contributed by atoms with Gasteiger partial charge in [-0.05, 0) is 37.1 Å². The molecule has 0 unspecified atom stereocenters. The van der Waals surface area contributed by atoms with Gasteiger partial charge >= 0.3 is 0 Å². The van der Waals surface area contributed by atoms with Crippen molar-refractivity contribution >= 4 is 12.1 Å². The van der Waals surface area contributed by atoms with E-state index in [1.54, 1.807) is 13.3 Å². The van der Waals surface area contributed by atoms with Crippen molar-refractivity contribution in [2.24, 2.45) is 5.10 Å². The number of carbonyl (C=O) groups is 1. The van der Waals surface area contributed by atoms with Crippen LogP contribution in [0.5, 0.6) is 11.5 Å². The average Bonchev–Trinajstić information content (AvgIpc) is 2.56. The molecule has 1 aromatic carbocycles. The first kappa shape index (κ1) is 19.0. The molecule has 1 N–H and O–H groups in total. The fourth-order valence-corrected chi connectivity index (χ4v) is 2.16. The molecule has 1 rings (SSSR count). The van der Waals surface area contributed by atoms with Crippen molar-refractivity contribution in [3.05, 3.63) is 23.8 Å². The van der Waals surface area contributed by atoms with E-state index in [2.05, 4.69) is 17.5 Å². The van der Waals surface area contributed by atoms with Gasteiger partial charge in [-0.2, -0.15) is 5.10 Å². The van der Waals surface area contributed by atoms with E-state index < -0.39 is 0 Å². The lowest BCUT2D eigenvalue weighted by Gasteiger charge is -2.09. The van der Waals surface area contributed by atoms with E-state index in [-0.39, 0.29) is 5.91 Å². The highest BCUT2D eigenvalue weighted by molar-refractivity contribution is 5.83. The van der Waals surface area contributed by atoms with Crippen molar-refractivity contribution < 1.29 is 14.3 Å². The lowest BCUT2D eigenvalue weighted by molar-refractivity contribution is -0.121. The summed E-state index contributed by atoms with van der Waals surface area (Å²) in [5, 5.41) is 3.99. The maximum Gasteiger partial charge on any atom is 0.240 e. The first-order valence-corrected chi connectivity index (χ1v) is 8.34. The smallest absolute Gasteiger partial charge is 0.240 e. The van der Waals surface area contributed by atoms with E-state index in [0.717, 1.165) is 18.4 Å². The normalized spacial score (nSPS) is 10.7. The highest BCUT2D eigenvalue weighted by atomic mass is 16.5. The van der Waals surface area contributed by atoms with E-state index in [9.17, 15) is 4.79 Å². The molecule has 128 valence electrons. The summed E-state index contributed by atoms with van der Waals surface area (Å²) in [5.41, 5.74) is 3.40. The van der Waals surface area contributed by atoms with Gasteiger partial charge in [0.15, 0.2) is 11.5 Å². The summed E-state index contributed by atoms with van der Waals surface area (Å²) in [5.74, 6) is 1.30. The molecule has 5 heteroatoms. The van der Waals surface area contributed by atoms with Gasteiger partial charge in [-0.1, -0.05) is 32.6 Å². The molecule has 0 saturated heterocycles. The molecule has 0 aromatic heterocycles. The van der Waals surface area contributed by atoms with Crippen molar-refractivity contribution in [2.75, 3.05) is 13.7 Å². The van der Waals surface area contributed by atoms with E-state index in [1.807, 2.05) is 25.1 Å². The molecule has 1 amide bonds. The van der Waals surface area contributed by atoms with Gasteiger partial charge in [0.2, 0.25) is 5.91 Å². The first-order valence-electron chi connectivity index (χ1n) is 8.34. The molecule has 0 spiro atoms. The maximum absolute atomic E-state index is 11.7. The fourth-order valence-electron chi connectivity index (χ4n) is 2.16. The van der Waals surface area contributed by atoms with Gasteiger partial charge < -0.3 is 9.47 Å². The molecule has 0 heterocycles. The van der Waals surface area contributed by atoms with Gasteiger partial charge in [0.25, 0.3) is 0 Å². The van der Waals surface area contributed by atoms with Crippen LogP contribution in [0, 0.1) is 0 Å². The number of hydrazone groups is 1. The number of nitrogens with zero attached hydrogens (tertiary/aromatic N) is 1. The Morgan fingerprint density at radius 2 is 1.96 bits per heavy atom. The first-order chi connectivity index (χ1) is 11.2. The lowest BCUT2D eigenvalue weighted by atomic mass is 10.1. The van der Waals surface area contributed by atoms with Crippen molar-refractivity contribution in [3.63, 3.8) is 0 Å². The number of hydrogen-bond donors (Lipinski definition) is 1. The van der Waals surface area contributed by atoms with Gasteiger partial charge in [0, 0.05) is 6.42 Å². The number of amides is 1. The standard InChI is InChI=1S/C18H28N2O3/c1-4-6-7-8-9-10-18(21)20-19-14-15-11-12-16(23-5-2)17(13-15)22-3/h11-14H,4-10H2,1-3H3,(H,20,21). The van der Waals surface area contributed by atoms with Crippen LogP contribution in [0.3, 0.4) is 0 Å². The Morgan fingerprint density at radius 3 is 2.65 bits per heavy atom. The highest BCUT2D eigenvalue weighted by Gasteiger charge is 2.04. The number of carbonyl (C=O) groups excluding carboxylic acids is 1. The summed E-state index contributed by atoms with van der Waals surface area (Å²) in [7, 11) is 1.60. The highest BCUT2D eigenvalue weighted by Crippen LogP contribution is 2.27. The molecule has 0 fully saturated rings. The van der Waals surface area contributed by atoms with Crippen molar-refractivity contribution in [1.82, 2.24) is 5.43 Å². The van der Waals surface area contributed by atoms with E-state index in [1.165, 1.54) is 19.3 Å². The third kappa shape index (κ3) is 7.68. The molecule has 0 radical (unpaired) electrons. The third-order valence-corrected chi connectivity index (χ3v) is 3.40. The summed E-state index contributed by atoms with van der Waals surface area (Å²) in [6, 6.07) is 5.53. The molecular weight excluding hydrogens is 292 g/mol. The van der Waals surface area contributed by atoms with Gasteiger partial charge in [0.1, 0.15) is 0 Å². The second kappa shape index (κ2) is 11.5. The molecule has 1 aromatic rings. The maximum atomic E-state index is 11.7. The number of benzene rings is 1. The minimum absolute atomic E-state index is 0.0457. The molecule has 23 heavy (non-hydrogen) atoms. The number of unbranched alkanes of at least 4 members (excludes halogenated alkanes) is 4. The number of methoxy groups -OCH3 is 1.